The average Bonchev–Trinajstić information content (AvgIpc) is 3.48. The van der Waals surface area contributed by atoms with Gasteiger partial charge in [-0.05, 0) is 55.3 Å². The topological polar surface area (TPSA) is 75.7 Å². The summed E-state index contributed by atoms with van der Waals surface area (Å²) in [6, 6.07) is 10.4. The highest BCUT2D eigenvalue weighted by Crippen LogP contribution is 2.35. The van der Waals surface area contributed by atoms with Crippen LogP contribution in [-0.2, 0) is 14.8 Å². The molecule has 1 aromatic carbocycles. The highest BCUT2D eigenvalue weighted by molar-refractivity contribution is 7.89. The summed E-state index contributed by atoms with van der Waals surface area (Å²) in [6.07, 6.45) is 3.64. The molecule has 6 nitrogen and oxygen atoms in total. The van der Waals surface area contributed by atoms with Gasteiger partial charge in [-0.1, -0.05) is 12.1 Å². The molecule has 0 unspecified atom stereocenters. The Bertz CT molecular complexity index is 921. The number of hydrogen-bond acceptors (Lipinski definition) is 5. The molecule has 28 heavy (non-hydrogen) atoms. The number of amides is 1. The van der Waals surface area contributed by atoms with E-state index in [0.29, 0.717) is 18.7 Å². The SMILES string of the molecule is O=C(c1cccc(S(=O)(=O)NC[C@@H]2CCCO2)c1)N1CCC[C@H]1c1cccs1. The van der Waals surface area contributed by atoms with E-state index in [1.807, 2.05) is 16.3 Å². The van der Waals surface area contributed by atoms with E-state index in [2.05, 4.69) is 10.8 Å². The molecule has 1 N–H and O–H groups in total. The molecule has 0 spiro atoms. The summed E-state index contributed by atoms with van der Waals surface area (Å²) in [5.74, 6) is -0.118. The van der Waals surface area contributed by atoms with Crippen LogP contribution in [0.25, 0.3) is 0 Å². The number of ether oxygens (including phenoxy) is 1. The molecule has 0 radical (unpaired) electrons. The number of carbonyl (C=O) groups is 1. The van der Waals surface area contributed by atoms with Crippen LogP contribution in [0.3, 0.4) is 0 Å². The first-order valence-corrected chi connectivity index (χ1v) is 12.0. The Morgan fingerprint density at radius 3 is 2.86 bits per heavy atom. The minimum Gasteiger partial charge on any atom is -0.377 e. The van der Waals surface area contributed by atoms with E-state index in [9.17, 15) is 13.2 Å². The standard InChI is InChI=1S/C20H24N2O4S2/c23-20(22-10-2-8-18(22)19-9-4-12-27-19)15-5-1-7-17(13-15)28(24,25)21-14-16-6-3-11-26-16/h1,4-5,7,9,12-13,16,18,21H,2-3,6,8,10-11,14H2/t16-,18-/m0/s1. The van der Waals surface area contributed by atoms with Gasteiger partial charge in [0.25, 0.3) is 5.91 Å². The molecule has 3 heterocycles. The Labute approximate surface area is 169 Å². The summed E-state index contributed by atoms with van der Waals surface area (Å²) >= 11 is 1.65. The zero-order valence-corrected chi connectivity index (χ0v) is 17.2. The van der Waals surface area contributed by atoms with Gasteiger partial charge in [0.05, 0.1) is 17.0 Å². The minimum atomic E-state index is -3.68. The van der Waals surface area contributed by atoms with Crippen molar-refractivity contribution >= 4 is 27.3 Å². The van der Waals surface area contributed by atoms with Crippen molar-refractivity contribution in [3.63, 3.8) is 0 Å². The number of hydrogen-bond donors (Lipinski definition) is 1. The largest absolute Gasteiger partial charge is 0.377 e. The Kier molecular flexibility index (Phi) is 5.82. The monoisotopic (exact) mass is 420 g/mol. The quantitative estimate of drug-likeness (QED) is 0.779. The minimum absolute atomic E-state index is 0.0734. The first-order chi connectivity index (χ1) is 13.5. The van der Waals surface area contributed by atoms with Gasteiger partial charge in [-0.3, -0.25) is 4.79 Å². The molecule has 0 saturated carbocycles. The third-order valence-corrected chi connectivity index (χ3v) is 7.70. The van der Waals surface area contributed by atoms with E-state index < -0.39 is 10.0 Å². The maximum absolute atomic E-state index is 13.1. The normalized spacial score (nSPS) is 22.6. The Morgan fingerprint density at radius 2 is 2.11 bits per heavy atom. The summed E-state index contributed by atoms with van der Waals surface area (Å²) < 4.78 is 33.4. The van der Waals surface area contributed by atoms with E-state index in [1.165, 1.54) is 17.0 Å². The van der Waals surface area contributed by atoms with Gasteiger partial charge in [0.15, 0.2) is 0 Å². The van der Waals surface area contributed by atoms with Gasteiger partial charge in [-0.25, -0.2) is 13.1 Å². The number of likely N-dealkylation sites (tertiary alicyclic amines) is 1. The summed E-state index contributed by atoms with van der Waals surface area (Å²) in [5, 5.41) is 2.02. The van der Waals surface area contributed by atoms with E-state index >= 15 is 0 Å². The molecule has 1 aromatic heterocycles. The van der Waals surface area contributed by atoms with E-state index in [0.717, 1.165) is 25.7 Å². The molecule has 4 rings (SSSR count). The molecule has 2 saturated heterocycles. The lowest BCUT2D eigenvalue weighted by Gasteiger charge is -2.24. The first-order valence-electron chi connectivity index (χ1n) is 9.60. The number of benzene rings is 1. The van der Waals surface area contributed by atoms with E-state index in [1.54, 1.807) is 23.5 Å². The molecule has 2 aliphatic heterocycles. The molecule has 1 amide bonds. The van der Waals surface area contributed by atoms with Gasteiger partial charge in [0.1, 0.15) is 0 Å². The van der Waals surface area contributed by atoms with Crippen molar-refractivity contribution in [3.05, 3.63) is 52.2 Å². The summed E-state index contributed by atoms with van der Waals surface area (Å²) in [7, 11) is -3.68. The van der Waals surface area contributed by atoms with Crippen LogP contribution in [0.1, 0.15) is 47.0 Å². The first kappa shape index (κ1) is 19.6. The lowest BCUT2D eigenvalue weighted by molar-refractivity contribution is 0.0737. The molecule has 2 aliphatic rings. The zero-order valence-electron chi connectivity index (χ0n) is 15.5. The molecular weight excluding hydrogens is 396 g/mol. The number of rotatable bonds is 6. The third kappa shape index (κ3) is 4.15. The fourth-order valence-electron chi connectivity index (χ4n) is 3.84. The van der Waals surface area contributed by atoms with Crippen LogP contribution in [0.15, 0.2) is 46.7 Å². The van der Waals surface area contributed by atoms with Crippen molar-refractivity contribution < 1.29 is 17.9 Å². The molecule has 0 aliphatic carbocycles. The number of sulfonamides is 1. The molecule has 0 bridgehead atoms. The number of carbonyl (C=O) groups excluding carboxylic acids is 1. The van der Waals surface area contributed by atoms with Crippen LogP contribution in [-0.4, -0.2) is 45.0 Å². The van der Waals surface area contributed by atoms with Crippen LogP contribution >= 0.6 is 11.3 Å². The second-order valence-electron chi connectivity index (χ2n) is 7.19. The summed E-state index contributed by atoms with van der Waals surface area (Å²) in [6.45, 7) is 1.63. The Morgan fingerprint density at radius 1 is 1.21 bits per heavy atom. The highest BCUT2D eigenvalue weighted by Gasteiger charge is 2.31. The smallest absolute Gasteiger partial charge is 0.254 e. The van der Waals surface area contributed by atoms with Crippen molar-refractivity contribution in [1.82, 2.24) is 9.62 Å². The second kappa shape index (κ2) is 8.32. The second-order valence-corrected chi connectivity index (χ2v) is 9.93. The lowest BCUT2D eigenvalue weighted by Crippen LogP contribution is -2.32. The van der Waals surface area contributed by atoms with Gasteiger partial charge in [0, 0.05) is 30.1 Å². The van der Waals surface area contributed by atoms with Crippen molar-refractivity contribution in [3.8, 4) is 0 Å². The van der Waals surface area contributed by atoms with Crippen LogP contribution in [0, 0.1) is 0 Å². The van der Waals surface area contributed by atoms with Gasteiger partial charge in [-0.15, -0.1) is 11.3 Å². The van der Waals surface area contributed by atoms with Crippen LogP contribution in [0.5, 0.6) is 0 Å². The predicted molar refractivity (Wildman–Crippen MR) is 108 cm³/mol. The van der Waals surface area contributed by atoms with Crippen molar-refractivity contribution in [2.75, 3.05) is 19.7 Å². The predicted octanol–water partition coefficient (Wildman–Crippen LogP) is 3.18. The third-order valence-electron chi connectivity index (χ3n) is 5.30. The Balaban J connectivity index is 1.50. The maximum Gasteiger partial charge on any atom is 0.254 e. The van der Waals surface area contributed by atoms with Crippen molar-refractivity contribution in [1.29, 1.82) is 0 Å². The highest BCUT2D eigenvalue weighted by atomic mass is 32.2. The fourth-order valence-corrected chi connectivity index (χ4v) is 5.83. The van der Waals surface area contributed by atoms with Crippen LogP contribution < -0.4 is 4.72 Å². The van der Waals surface area contributed by atoms with Gasteiger partial charge >= 0.3 is 0 Å². The molecule has 2 aromatic rings. The maximum atomic E-state index is 13.1. The number of nitrogens with one attached hydrogen (secondary N) is 1. The number of thiophene rings is 1. The summed E-state index contributed by atoms with van der Waals surface area (Å²) in [4.78, 5) is 16.2. The number of nitrogens with zero attached hydrogens (tertiary/aromatic N) is 1. The Hall–Kier alpha value is -1.74. The molecule has 2 atom stereocenters. The van der Waals surface area contributed by atoms with E-state index in [4.69, 9.17) is 4.74 Å². The molecule has 2 fully saturated rings. The zero-order chi connectivity index (χ0) is 19.6. The van der Waals surface area contributed by atoms with Gasteiger partial charge in [0.2, 0.25) is 10.0 Å². The molecular formula is C20H24N2O4S2. The molecule has 8 heteroatoms. The molecule has 150 valence electrons. The van der Waals surface area contributed by atoms with Crippen LogP contribution in [0.4, 0.5) is 0 Å². The lowest BCUT2D eigenvalue weighted by atomic mass is 10.1. The average molecular weight is 421 g/mol. The van der Waals surface area contributed by atoms with Gasteiger partial charge < -0.3 is 9.64 Å². The van der Waals surface area contributed by atoms with Crippen LogP contribution in [0.2, 0.25) is 0 Å². The van der Waals surface area contributed by atoms with Crippen molar-refractivity contribution in [2.24, 2.45) is 0 Å². The van der Waals surface area contributed by atoms with E-state index in [-0.39, 0.29) is 29.5 Å². The van der Waals surface area contributed by atoms with Crippen molar-refractivity contribution in [2.45, 2.75) is 42.7 Å². The summed E-state index contributed by atoms with van der Waals surface area (Å²) in [5.41, 5.74) is 0.406. The fraction of sp³-hybridized carbons (Fsp3) is 0.450. The van der Waals surface area contributed by atoms with Gasteiger partial charge in [-0.2, -0.15) is 0 Å².